The van der Waals surface area contributed by atoms with Crippen LogP contribution in [0, 0.1) is 5.92 Å². The first kappa shape index (κ1) is 9.26. The van der Waals surface area contributed by atoms with E-state index in [0.717, 1.165) is 19.3 Å². The van der Waals surface area contributed by atoms with Crippen LogP contribution in [0.5, 0.6) is 0 Å². The molecule has 0 saturated heterocycles. The summed E-state index contributed by atoms with van der Waals surface area (Å²) in [6, 6.07) is -0.174. The van der Waals surface area contributed by atoms with Gasteiger partial charge in [0.2, 0.25) is 0 Å². The third-order valence-electron chi connectivity index (χ3n) is 2.31. The molecule has 3 heteroatoms. The summed E-state index contributed by atoms with van der Waals surface area (Å²) in [4.78, 5) is 10.7. The van der Waals surface area contributed by atoms with Crippen molar-refractivity contribution in [1.82, 2.24) is 0 Å². The van der Waals surface area contributed by atoms with Crippen LogP contribution in [0.1, 0.15) is 25.7 Å². The van der Waals surface area contributed by atoms with Gasteiger partial charge >= 0.3 is 5.97 Å². The van der Waals surface area contributed by atoms with E-state index in [9.17, 15) is 4.79 Å². The monoisotopic (exact) mass is 169 g/mol. The lowest BCUT2D eigenvalue weighted by molar-refractivity contribution is -0.142. The van der Waals surface area contributed by atoms with Gasteiger partial charge in [0.15, 0.2) is 0 Å². The molecule has 0 bridgehead atoms. The van der Waals surface area contributed by atoms with Crippen LogP contribution < -0.4 is 5.73 Å². The molecule has 0 aliphatic heterocycles. The Kier molecular flexibility index (Phi) is 3.29. The summed E-state index contributed by atoms with van der Waals surface area (Å²) in [6.07, 6.45) is 7.33. The van der Waals surface area contributed by atoms with Crippen molar-refractivity contribution in [2.75, 3.05) is 0 Å². The zero-order chi connectivity index (χ0) is 8.97. The SMILES string of the molecule is N[C@H]1CC/C=C/CC[C@H]1C(=O)O. The van der Waals surface area contributed by atoms with E-state index >= 15 is 0 Å². The maximum Gasteiger partial charge on any atom is 0.308 e. The smallest absolute Gasteiger partial charge is 0.308 e. The summed E-state index contributed by atoms with van der Waals surface area (Å²) >= 11 is 0. The van der Waals surface area contributed by atoms with E-state index in [0.29, 0.717) is 6.42 Å². The molecular formula is C9H15NO2. The predicted octanol–water partition coefficient (Wildman–Crippen LogP) is 1.14. The average Bonchev–Trinajstić information content (AvgIpc) is 1.96. The number of aliphatic carboxylic acids is 1. The maximum atomic E-state index is 10.7. The van der Waals surface area contributed by atoms with E-state index in [1.807, 2.05) is 6.08 Å². The number of allylic oxidation sites excluding steroid dienone is 2. The molecule has 3 N–H and O–H groups in total. The molecule has 0 spiro atoms. The predicted molar refractivity (Wildman–Crippen MR) is 46.7 cm³/mol. The highest BCUT2D eigenvalue weighted by Gasteiger charge is 2.24. The van der Waals surface area contributed by atoms with E-state index in [1.54, 1.807) is 0 Å². The zero-order valence-corrected chi connectivity index (χ0v) is 7.07. The summed E-state index contributed by atoms with van der Waals surface area (Å²) in [5.41, 5.74) is 5.73. The van der Waals surface area contributed by atoms with Crippen molar-refractivity contribution < 1.29 is 9.90 Å². The molecule has 1 rings (SSSR count). The molecule has 0 saturated carbocycles. The second-order valence-corrected chi connectivity index (χ2v) is 3.23. The molecule has 0 amide bonds. The molecule has 0 fully saturated rings. The molecule has 0 aromatic carbocycles. The van der Waals surface area contributed by atoms with E-state index in [-0.39, 0.29) is 12.0 Å². The first-order valence-corrected chi connectivity index (χ1v) is 4.35. The van der Waals surface area contributed by atoms with Crippen molar-refractivity contribution in [3.05, 3.63) is 12.2 Å². The number of carboxylic acids is 1. The van der Waals surface area contributed by atoms with Crippen molar-refractivity contribution in [2.45, 2.75) is 31.7 Å². The Morgan fingerprint density at radius 1 is 1.33 bits per heavy atom. The summed E-state index contributed by atoms with van der Waals surface area (Å²) in [7, 11) is 0. The third kappa shape index (κ3) is 2.34. The number of hydrogen-bond donors (Lipinski definition) is 2. The van der Waals surface area contributed by atoms with Gasteiger partial charge in [0, 0.05) is 6.04 Å². The number of hydrogen-bond acceptors (Lipinski definition) is 2. The molecule has 1 aliphatic carbocycles. The molecule has 0 aromatic heterocycles. The van der Waals surface area contributed by atoms with Crippen molar-refractivity contribution in [1.29, 1.82) is 0 Å². The Morgan fingerprint density at radius 3 is 2.50 bits per heavy atom. The molecule has 12 heavy (non-hydrogen) atoms. The Hall–Kier alpha value is -0.830. The van der Waals surface area contributed by atoms with Gasteiger partial charge in [0.25, 0.3) is 0 Å². The average molecular weight is 169 g/mol. The van der Waals surface area contributed by atoms with Gasteiger partial charge in [-0.1, -0.05) is 12.2 Å². The van der Waals surface area contributed by atoms with Crippen LogP contribution in [0.4, 0.5) is 0 Å². The van der Waals surface area contributed by atoms with Gasteiger partial charge in [-0.25, -0.2) is 0 Å². The largest absolute Gasteiger partial charge is 0.481 e. The Morgan fingerprint density at radius 2 is 1.92 bits per heavy atom. The number of nitrogens with two attached hydrogens (primary N) is 1. The van der Waals surface area contributed by atoms with Gasteiger partial charge in [0.1, 0.15) is 0 Å². The van der Waals surface area contributed by atoms with Crippen LogP contribution in [0.2, 0.25) is 0 Å². The van der Waals surface area contributed by atoms with Gasteiger partial charge in [-0.2, -0.15) is 0 Å². The first-order valence-electron chi connectivity index (χ1n) is 4.35. The molecule has 1 aliphatic rings. The lowest BCUT2D eigenvalue weighted by atomic mass is 9.90. The normalized spacial score (nSPS) is 33.4. The first-order chi connectivity index (χ1) is 5.72. The minimum Gasteiger partial charge on any atom is -0.481 e. The molecule has 0 aromatic rings. The van der Waals surface area contributed by atoms with Crippen LogP contribution in [-0.2, 0) is 4.79 Å². The molecular weight excluding hydrogens is 154 g/mol. The lowest BCUT2D eigenvalue weighted by Gasteiger charge is -2.20. The third-order valence-corrected chi connectivity index (χ3v) is 2.31. The van der Waals surface area contributed by atoms with Crippen LogP contribution in [0.25, 0.3) is 0 Å². The van der Waals surface area contributed by atoms with Gasteiger partial charge in [-0.15, -0.1) is 0 Å². The molecule has 0 heterocycles. The van der Waals surface area contributed by atoms with Crippen LogP contribution in [-0.4, -0.2) is 17.1 Å². The van der Waals surface area contributed by atoms with E-state index in [2.05, 4.69) is 6.08 Å². The summed E-state index contributed by atoms with van der Waals surface area (Å²) in [5, 5.41) is 8.82. The maximum absolute atomic E-state index is 10.7. The standard InChI is InChI=1S/C9H15NO2/c10-8-6-4-2-1-3-5-7(8)9(11)12/h1-2,7-8H,3-6,10H2,(H,11,12)/b2-1+/t7-,8+/m1/s1. The topological polar surface area (TPSA) is 63.3 Å². The van der Waals surface area contributed by atoms with Crippen molar-refractivity contribution >= 4 is 5.97 Å². The quantitative estimate of drug-likeness (QED) is 0.579. The van der Waals surface area contributed by atoms with Crippen molar-refractivity contribution in [2.24, 2.45) is 11.7 Å². The Labute approximate surface area is 72.3 Å². The highest BCUT2D eigenvalue weighted by molar-refractivity contribution is 5.70. The molecule has 0 unspecified atom stereocenters. The number of rotatable bonds is 1. The second-order valence-electron chi connectivity index (χ2n) is 3.23. The number of carbonyl (C=O) groups is 1. The second kappa shape index (κ2) is 4.26. The minimum atomic E-state index is -0.752. The van der Waals surface area contributed by atoms with E-state index < -0.39 is 5.97 Å². The Balaban J connectivity index is 2.58. The van der Waals surface area contributed by atoms with Crippen molar-refractivity contribution in [3.8, 4) is 0 Å². The van der Waals surface area contributed by atoms with E-state index in [1.165, 1.54) is 0 Å². The summed E-state index contributed by atoms with van der Waals surface area (Å²) < 4.78 is 0. The molecule has 68 valence electrons. The molecule has 2 atom stereocenters. The van der Waals surface area contributed by atoms with Gasteiger partial charge in [0.05, 0.1) is 5.92 Å². The van der Waals surface area contributed by atoms with Crippen LogP contribution >= 0.6 is 0 Å². The Bertz CT molecular complexity index is 189. The lowest BCUT2D eigenvalue weighted by Crippen LogP contribution is -2.35. The fourth-order valence-electron chi connectivity index (χ4n) is 1.52. The van der Waals surface area contributed by atoms with Gasteiger partial charge < -0.3 is 10.8 Å². The minimum absolute atomic E-state index is 0.174. The number of carboxylic acid groups (broad SMARTS) is 1. The highest BCUT2D eigenvalue weighted by atomic mass is 16.4. The van der Waals surface area contributed by atoms with Gasteiger partial charge in [-0.05, 0) is 25.7 Å². The molecule has 0 radical (unpaired) electrons. The highest BCUT2D eigenvalue weighted by Crippen LogP contribution is 2.17. The fraction of sp³-hybridized carbons (Fsp3) is 0.667. The summed E-state index contributed by atoms with van der Waals surface area (Å²) in [6.45, 7) is 0. The van der Waals surface area contributed by atoms with Crippen LogP contribution in [0.15, 0.2) is 12.2 Å². The van der Waals surface area contributed by atoms with Gasteiger partial charge in [-0.3, -0.25) is 4.79 Å². The zero-order valence-electron chi connectivity index (χ0n) is 7.07. The summed E-state index contributed by atoms with van der Waals surface area (Å²) in [5.74, 6) is -1.10. The molecule has 3 nitrogen and oxygen atoms in total. The van der Waals surface area contributed by atoms with E-state index in [4.69, 9.17) is 10.8 Å². The van der Waals surface area contributed by atoms with Crippen LogP contribution in [0.3, 0.4) is 0 Å². The van der Waals surface area contributed by atoms with Crippen molar-refractivity contribution in [3.63, 3.8) is 0 Å². The fourth-order valence-corrected chi connectivity index (χ4v) is 1.52.